The molecule has 3 heterocycles. The van der Waals surface area contributed by atoms with Crippen LogP contribution in [0.4, 0.5) is 5.13 Å². The van der Waals surface area contributed by atoms with Gasteiger partial charge in [0.2, 0.25) is 0 Å². The zero-order chi connectivity index (χ0) is 20.1. The summed E-state index contributed by atoms with van der Waals surface area (Å²) in [7, 11) is 0. The summed E-state index contributed by atoms with van der Waals surface area (Å²) < 4.78 is 16.3. The van der Waals surface area contributed by atoms with Crippen LogP contribution in [0.25, 0.3) is 11.5 Å². The first-order valence-corrected chi connectivity index (χ1v) is 10.2. The average Bonchev–Trinajstić information content (AvgIpc) is 3.43. The number of furan rings is 1. The van der Waals surface area contributed by atoms with E-state index < -0.39 is 0 Å². The van der Waals surface area contributed by atoms with Crippen LogP contribution in [0.5, 0.6) is 5.75 Å². The fraction of sp³-hybridized carbons (Fsp3) is 0.286. The lowest BCUT2D eigenvalue weighted by atomic mass is 9.94. The SMILES string of the molecule is O=C(COc1ccccc1)Nc1nc(-c2ccco2)c(C(=O)C2CCOCC2)s1. The summed E-state index contributed by atoms with van der Waals surface area (Å²) in [5, 5.41) is 3.06. The highest BCUT2D eigenvalue weighted by molar-refractivity contribution is 7.18. The molecule has 1 amide bonds. The molecule has 0 spiro atoms. The summed E-state index contributed by atoms with van der Waals surface area (Å²) in [6.45, 7) is 1.00. The highest BCUT2D eigenvalue weighted by atomic mass is 32.1. The Morgan fingerprint density at radius 3 is 2.66 bits per heavy atom. The summed E-state index contributed by atoms with van der Waals surface area (Å²) in [5.74, 6) is 0.658. The molecule has 0 saturated carbocycles. The molecule has 3 aromatic rings. The number of ketones is 1. The molecular formula is C21H20N2O5S. The third kappa shape index (κ3) is 4.72. The molecule has 0 bridgehead atoms. The van der Waals surface area contributed by atoms with Crippen molar-refractivity contribution >= 4 is 28.2 Å². The molecule has 0 atom stereocenters. The molecule has 1 saturated heterocycles. The number of rotatable bonds is 7. The Bertz CT molecular complexity index is 962. The minimum absolute atomic E-state index is 0.0123. The van der Waals surface area contributed by atoms with E-state index in [4.69, 9.17) is 13.9 Å². The summed E-state index contributed by atoms with van der Waals surface area (Å²) in [5.41, 5.74) is 0.454. The molecule has 29 heavy (non-hydrogen) atoms. The van der Waals surface area contributed by atoms with E-state index in [0.717, 1.165) is 11.3 Å². The lowest BCUT2D eigenvalue weighted by Crippen LogP contribution is -2.23. The van der Waals surface area contributed by atoms with E-state index in [1.54, 1.807) is 24.3 Å². The van der Waals surface area contributed by atoms with Crippen molar-refractivity contribution in [2.24, 2.45) is 5.92 Å². The fourth-order valence-electron chi connectivity index (χ4n) is 3.09. The van der Waals surface area contributed by atoms with Gasteiger partial charge in [-0.15, -0.1) is 0 Å². The van der Waals surface area contributed by atoms with Crippen LogP contribution < -0.4 is 10.1 Å². The maximum absolute atomic E-state index is 13.1. The van der Waals surface area contributed by atoms with Crippen LogP contribution >= 0.6 is 11.3 Å². The minimum atomic E-state index is -0.348. The number of hydrogen-bond acceptors (Lipinski definition) is 7. The zero-order valence-electron chi connectivity index (χ0n) is 15.6. The van der Waals surface area contributed by atoms with Gasteiger partial charge in [-0.3, -0.25) is 14.9 Å². The molecule has 4 rings (SSSR count). The number of Topliss-reactive ketones (excluding diaryl/α,β-unsaturated/α-hetero) is 1. The van der Waals surface area contributed by atoms with Gasteiger partial charge in [-0.1, -0.05) is 29.5 Å². The molecule has 0 aliphatic carbocycles. The van der Waals surface area contributed by atoms with E-state index in [2.05, 4.69) is 10.3 Å². The van der Waals surface area contributed by atoms with E-state index >= 15 is 0 Å². The standard InChI is InChI=1S/C21H20N2O5S/c24-17(13-28-15-5-2-1-3-6-15)22-21-23-18(16-7-4-10-27-16)20(29-21)19(25)14-8-11-26-12-9-14/h1-7,10,14H,8-9,11-13H2,(H,22,23,24). The van der Waals surface area contributed by atoms with Crippen LogP contribution in [0, 0.1) is 5.92 Å². The Hall–Kier alpha value is -2.97. The maximum atomic E-state index is 13.1. The first-order chi connectivity index (χ1) is 14.2. The quantitative estimate of drug-likeness (QED) is 0.589. The molecule has 0 radical (unpaired) electrons. The summed E-state index contributed by atoms with van der Waals surface area (Å²) in [6.07, 6.45) is 2.89. The van der Waals surface area contributed by atoms with Gasteiger partial charge in [-0.05, 0) is 37.1 Å². The molecule has 0 unspecified atom stereocenters. The summed E-state index contributed by atoms with van der Waals surface area (Å²) in [6, 6.07) is 12.6. The predicted molar refractivity (Wildman–Crippen MR) is 108 cm³/mol. The van der Waals surface area contributed by atoms with E-state index in [-0.39, 0.29) is 24.2 Å². The van der Waals surface area contributed by atoms with Gasteiger partial charge in [0.05, 0.1) is 6.26 Å². The molecule has 8 heteroatoms. The number of hydrogen-bond donors (Lipinski definition) is 1. The van der Waals surface area contributed by atoms with Gasteiger partial charge < -0.3 is 13.9 Å². The number of para-hydroxylation sites is 1. The van der Waals surface area contributed by atoms with E-state index in [9.17, 15) is 9.59 Å². The number of aromatic nitrogens is 1. The van der Waals surface area contributed by atoms with Gasteiger partial charge in [0.15, 0.2) is 23.3 Å². The molecule has 7 nitrogen and oxygen atoms in total. The molecule has 2 aromatic heterocycles. The third-order valence-corrected chi connectivity index (χ3v) is 5.54. The predicted octanol–water partition coefficient (Wildman–Crippen LogP) is 4.03. The second-order valence-electron chi connectivity index (χ2n) is 6.57. The second kappa shape index (κ2) is 9.02. The molecular weight excluding hydrogens is 392 g/mol. The van der Waals surface area contributed by atoms with Gasteiger partial charge in [0.25, 0.3) is 5.91 Å². The minimum Gasteiger partial charge on any atom is -0.484 e. The van der Waals surface area contributed by atoms with Gasteiger partial charge in [0.1, 0.15) is 16.3 Å². The van der Waals surface area contributed by atoms with Gasteiger partial charge in [-0.25, -0.2) is 4.98 Å². The van der Waals surface area contributed by atoms with E-state index in [1.807, 2.05) is 18.2 Å². The van der Waals surface area contributed by atoms with Crippen molar-refractivity contribution in [3.63, 3.8) is 0 Å². The zero-order valence-corrected chi connectivity index (χ0v) is 16.4. The van der Waals surface area contributed by atoms with Gasteiger partial charge in [-0.2, -0.15) is 0 Å². The lowest BCUT2D eigenvalue weighted by Gasteiger charge is -2.20. The number of carbonyl (C=O) groups is 2. The number of nitrogens with zero attached hydrogens (tertiary/aromatic N) is 1. The Labute approximate surface area is 171 Å². The number of anilines is 1. The van der Waals surface area contributed by atoms with Crippen LogP contribution in [0.3, 0.4) is 0 Å². The Morgan fingerprint density at radius 1 is 1.14 bits per heavy atom. The Morgan fingerprint density at radius 2 is 1.93 bits per heavy atom. The van der Waals surface area contributed by atoms with E-state index in [1.165, 1.54) is 6.26 Å². The van der Waals surface area contributed by atoms with Gasteiger partial charge >= 0.3 is 0 Å². The van der Waals surface area contributed by atoms with Gasteiger partial charge in [0, 0.05) is 19.1 Å². The Balaban J connectivity index is 1.50. The van der Waals surface area contributed by atoms with Crippen molar-refractivity contribution in [3.8, 4) is 17.2 Å². The van der Waals surface area contributed by atoms with E-state index in [0.29, 0.717) is 53.3 Å². The Kier molecular flexibility index (Phi) is 6.02. The molecule has 1 aliphatic rings. The van der Waals surface area contributed by atoms with Crippen molar-refractivity contribution in [2.45, 2.75) is 12.8 Å². The number of carbonyl (C=O) groups excluding carboxylic acids is 2. The largest absolute Gasteiger partial charge is 0.484 e. The van der Waals surface area contributed by atoms with Crippen molar-refractivity contribution in [1.29, 1.82) is 0 Å². The highest BCUT2D eigenvalue weighted by Crippen LogP contribution is 2.35. The summed E-state index contributed by atoms with van der Waals surface area (Å²) >= 11 is 1.16. The molecule has 150 valence electrons. The first-order valence-electron chi connectivity index (χ1n) is 9.35. The second-order valence-corrected chi connectivity index (χ2v) is 7.57. The number of amides is 1. The smallest absolute Gasteiger partial charge is 0.264 e. The monoisotopic (exact) mass is 412 g/mol. The van der Waals surface area contributed by atoms with Crippen LogP contribution in [0.2, 0.25) is 0 Å². The highest BCUT2D eigenvalue weighted by Gasteiger charge is 2.29. The van der Waals surface area contributed by atoms with Crippen molar-refractivity contribution in [3.05, 3.63) is 53.6 Å². The normalized spacial score (nSPS) is 14.5. The lowest BCUT2D eigenvalue weighted by molar-refractivity contribution is -0.118. The van der Waals surface area contributed by atoms with Crippen LogP contribution in [0.15, 0.2) is 53.1 Å². The number of benzene rings is 1. The number of ether oxygens (including phenoxy) is 2. The van der Waals surface area contributed by atoms with Crippen molar-refractivity contribution in [1.82, 2.24) is 4.98 Å². The van der Waals surface area contributed by atoms with Crippen molar-refractivity contribution < 1.29 is 23.5 Å². The summed E-state index contributed by atoms with van der Waals surface area (Å²) in [4.78, 5) is 30.3. The average molecular weight is 412 g/mol. The van der Waals surface area contributed by atoms with Crippen molar-refractivity contribution in [2.75, 3.05) is 25.1 Å². The first kappa shape index (κ1) is 19.4. The third-order valence-electron chi connectivity index (χ3n) is 4.56. The number of thiazole rings is 1. The van der Waals surface area contributed by atoms with Crippen LogP contribution in [-0.2, 0) is 9.53 Å². The van der Waals surface area contributed by atoms with Crippen LogP contribution in [0.1, 0.15) is 22.5 Å². The topological polar surface area (TPSA) is 90.7 Å². The fourth-order valence-corrected chi connectivity index (χ4v) is 4.09. The number of nitrogens with one attached hydrogen (secondary N) is 1. The molecule has 1 aromatic carbocycles. The molecule has 1 aliphatic heterocycles. The molecule has 1 N–H and O–H groups in total. The maximum Gasteiger partial charge on any atom is 0.264 e. The van der Waals surface area contributed by atoms with Crippen LogP contribution in [-0.4, -0.2) is 36.5 Å². The molecule has 1 fully saturated rings.